The van der Waals surface area contributed by atoms with E-state index in [4.69, 9.17) is 5.11 Å². The first-order valence-corrected chi connectivity index (χ1v) is 4.28. The molecule has 2 rings (SSSR count). The van der Waals surface area contributed by atoms with Gasteiger partial charge in [0.25, 0.3) is 0 Å². The number of allylic oxidation sites excluding steroid dienone is 3. The van der Waals surface area contributed by atoms with Gasteiger partial charge in [0.15, 0.2) is 0 Å². The molecule has 0 aromatic heterocycles. The normalized spacial score (nSPS) is 35.8. The molecule has 0 aliphatic heterocycles. The van der Waals surface area contributed by atoms with Crippen molar-refractivity contribution in [2.45, 2.75) is 19.8 Å². The Hall–Kier alpha value is -1.05. The number of carboxylic acid groups (broad SMARTS) is 1. The molecule has 0 bridgehead atoms. The molecule has 0 radical (unpaired) electrons. The summed E-state index contributed by atoms with van der Waals surface area (Å²) in [4.78, 5) is 10.4. The van der Waals surface area contributed by atoms with Crippen molar-refractivity contribution < 1.29 is 9.90 Å². The van der Waals surface area contributed by atoms with Crippen LogP contribution >= 0.6 is 0 Å². The number of hydrogen-bond donors (Lipinski definition) is 1. The van der Waals surface area contributed by atoms with E-state index in [0.717, 1.165) is 24.3 Å². The molecule has 0 amide bonds. The zero-order valence-corrected chi connectivity index (χ0v) is 7.08. The van der Waals surface area contributed by atoms with Gasteiger partial charge in [-0.3, -0.25) is 0 Å². The first-order valence-electron chi connectivity index (χ1n) is 4.28. The highest BCUT2D eigenvalue weighted by Gasteiger charge is 2.39. The first-order chi connectivity index (χ1) is 5.68. The van der Waals surface area contributed by atoms with Gasteiger partial charge in [-0.05, 0) is 25.7 Å². The van der Waals surface area contributed by atoms with Gasteiger partial charge in [-0.1, -0.05) is 17.2 Å². The lowest BCUT2D eigenvalue weighted by atomic mass is 9.69. The van der Waals surface area contributed by atoms with E-state index in [9.17, 15) is 4.79 Å². The van der Waals surface area contributed by atoms with Crippen LogP contribution in [0.25, 0.3) is 0 Å². The number of hydrogen-bond acceptors (Lipinski definition) is 1. The van der Waals surface area contributed by atoms with Crippen LogP contribution in [0.1, 0.15) is 19.8 Å². The molecule has 2 heteroatoms. The van der Waals surface area contributed by atoms with Crippen LogP contribution < -0.4 is 0 Å². The summed E-state index contributed by atoms with van der Waals surface area (Å²) < 4.78 is 0. The summed E-state index contributed by atoms with van der Waals surface area (Å²) in [6.45, 7) is 2.10. The molecule has 12 heavy (non-hydrogen) atoms. The van der Waals surface area contributed by atoms with Gasteiger partial charge in [-0.2, -0.15) is 0 Å². The van der Waals surface area contributed by atoms with Gasteiger partial charge in [-0.15, -0.1) is 0 Å². The fourth-order valence-corrected chi connectivity index (χ4v) is 2.34. The topological polar surface area (TPSA) is 37.3 Å². The van der Waals surface area contributed by atoms with Crippen LogP contribution in [0.15, 0.2) is 23.3 Å². The molecule has 0 unspecified atom stereocenters. The van der Waals surface area contributed by atoms with E-state index < -0.39 is 5.97 Å². The molecule has 0 heterocycles. The zero-order chi connectivity index (χ0) is 8.72. The standard InChI is InChI=1S/C10H12O2/c1-6-2-3-7-4-8(10(6)7)5-9(11)12/h2,5,7,10H,3-4H2,1H3,(H,11,12)/b8-5-/t7-,10-/m0/s1. The van der Waals surface area contributed by atoms with E-state index in [1.54, 1.807) is 0 Å². The summed E-state index contributed by atoms with van der Waals surface area (Å²) in [6, 6.07) is 0. The van der Waals surface area contributed by atoms with Gasteiger partial charge in [-0.25, -0.2) is 4.79 Å². The third kappa shape index (κ3) is 0.986. The van der Waals surface area contributed by atoms with E-state index in [1.807, 2.05) is 0 Å². The molecule has 1 N–H and O–H groups in total. The highest BCUT2D eigenvalue weighted by atomic mass is 16.4. The van der Waals surface area contributed by atoms with Crippen LogP contribution in [0.4, 0.5) is 0 Å². The molecule has 0 saturated heterocycles. The van der Waals surface area contributed by atoms with Crippen molar-refractivity contribution in [2.24, 2.45) is 11.8 Å². The summed E-state index contributed by atoms with van der Waals surface area (Å²) in [5, 5.41) is 8.56. The van der Waals surface area contributed by atoms with Gasteiger partial charge in [0.2, 0.25) is 0 Å². The Balaban J connectivity index is 2.16. The molecular formula is C10H12O2. The van der Waals surface area contributed by atoms with E-state index in [2.05, 4.69) is 13.0 Å². The Bertz CT molecular complexity index is 286. The SMILES string of the molecule is CC1=CC[C@H]2C/C(=C/C(=O)O)[C@@H]12. The summed E-state index contributed by atoms with van der Waals surface area (Å²) >= 11 is 0. The second-order valence-corrected chi connectivity index (χ2v) is 3.68. The van der Waals surface area contributed by atoms with Crippen LogP contribution in [0.2, 0.25) is 0 Å². The Morgan fingerprint density at radius 2 is 2.50 bits per heavy atom. The molecule has 0 spiro atoms. The van der Waals surface area contributed by atoms with E-state index in [1.165, 1.54) is 11.6 Å². The van der Waals surface area contributed by atoms with Gasteiger partial charge in [0.1, 0.15) is 0 Å². The predicted molar refractivity (Wildman–Crippen MR) is 45.7 cm³/mol. The number of carbonyl (C=O) groups is 1. The lowest BCUT2D eigenvalue weighted by Crippen LogP contribution is -2.26. The molecule has 1 fully saturated rings. The maximum Gasteiger partial charge on any atom is 0.328 e. The summed E-state index contributed by atoms with van der Waals surface area (Å²) in [6.07, 6.45) is 5.75. The summed E-state index contributed by atoms with van der Waals surface area (Å²) in [5.74, 6) is 0.389. The maximum atomic E-state index is 10.4. The molecule has 1 saturated carbocycles. The third-order valence-corrected chi connectivity index (χ3v) is 2.91. The number of fused-ring (bicyclic) bond motifs is 1. The van der Waals surface area contributed by atoms with Gasteiger partial charge in [0, 0.05) is 12.0 Å². The monoisotopic (exact) mass is 164 g/mol. The Morgan fingerprint density at radius 3 is 3.08 bits per heavy atom. The van der Waals surface area contributed by atoms with Crippen molar-refractivity contribution in [1.29, 1.82) is 0 Å². The maximum absolute atomic E-state index is 10.4. The molecule has 2 atom stereocenters. The minimum absolute atomic E-state index is 0.473. The van der Waals surface area contributed by atoms with E-state index in [-0.39, 0.29) is 0 Å². The average molecular weight is 164 g/mol. The number of rotatable bonds is 1. The predicted octanol–water partition coefficient (Wildman–Crippen LogP) is 1.98. The number of carboxylic acids is 1. The second-order valence-electron chi connectivity index (χ2n) is 3.68. The number of aliphatic carboxylic acids is 1. The van der Waals surface area contributed by atoms with Crippen molar-refractivity contribution in [1.82, 2.24) is 0 Å². The van der Waals surface area contributed by atoms with Crippen molar-refractivity contribution >= 4 is 5.97 Å². The minimum atomic E-state index is -0.803. The van der Waals surface area contributed by atoms with Crippen LogP contribution in [-0.4, -0.2) is 11.1 Å². The Morgan fingerprint density at radius 1 is 1.75 bits per heavy atom. The fourth-order valence-electron chi connectivity index (χ4n) is 2.34. The van der Waals surface area contributed by atoms with Crippen molar-refractivity contribution in [3.8, 4) is 0 Å². The molecule has 2 nitrogen and oxygen atoms in total. The van der Waals surface area contributed by atoms with Crippen molar-refractivity contribution in [3.63, 3.8) is 0 Å². The Labute approximate surface area is 71.6 Å². The molecule has 2 aliphatic carbocycles. The van der Waals surface area contributed by atoms with Gasteiger partial charge < -0.3 is 5.11 Å². The molecule has 2 aliphatic rings. The van der Waals surface area contributed by atoms with Crippen molar-refractivity contribution in [2.75, 3.05) is 0 Å². The summed E-state index contributed by atoms with van der Waals surface area (Å²) in [5.41, 5.74) is 2.47. The van der Waals surface area contributed by atoms with Crippen molar-refractivity contribution in [3.05, 3.63) is 23.3 Å². The first kappa shape index (κ1) is 7.59. The molecule has 0 aromatic carbocycles. The van der Waals surface area contributed by atoms with Crippen LogP contribution in [0.5, 0.6) is 0 Å². The lowest BCUT2D eigenvalue weighted by molar-refractivity contribution is -0.131. The van der Waals surface area contributed by atoms with Crippen LogP contribution in [-0.2, 0) is 4.79 Å². The molecule has 64 valence electrons. The average Bonchev–Trinajstić information content (AvgIpc) is 2.20. The molecule has 0 aromatic rings. The smallest absolute Gasteiger partial charge is 0.328 e. The second kappa shape index (κ2) is 2.47. The van der Waals surface area contributed by atoms with E-state index in [0.29, 0.717) is 5.92 Å². The Kier molecular flexibility index (Phi) is 1.56. The highest BCUT2D eigenvalue weighted by Crippen LogP contribution is 2.50. The lowest BCUT2D eigenvalue weighted by Gasteiger charge is -2.35. The highest BCUT2D eigenvalue weighted by molar-refractivity contribution is 5.81. The zero-order valence-electron chi connectivity index (χ0n) is 7.08. The van der Waals surface area contributed by atoms with Gasteiger partial charge >= 0.3 is 5.97 Å². The minimum Gasteiger partial charge on any atom is -0.478 e. The quantitative estimate of drug-likeness (QED) is 0.475. The van der Waals surface area contributed by atoms with Crippen LogP contribution in [0.3, 0.4) is 0 Å². The largest absolute Gasteiger partial charge is 0.478 e. The van der Waals surface area contributed by atoms with Crippen LogP contribution in [0, 0.1) is 11.8 Å². The van der Waals surface area contributed by atoms with Gasteiger partial charge in [0.05, 0.1) is 0 Å². The third-order valence-electron chi connectivity index (χ3n) is 2.91. The summed E-state index contributed by atoms with van der Waals surface area (Å²) in [7, 11) is 0. The molecular weight excluding hydrogens is 152 g/mol. The fraction of sp³-hybridized carbons (Fsp3) is 0.500. The van der Waals surface area contributed by atoms with E-state index >= 15 is 0 Å².